The number of methoxy groups -OCH3 is 1. The van der Waals surface area contributed by atoms with Crippen molar-refractivity contribution in [1.82, 2.24) is 4.90 Å². The van der Waals surface area contributed by atoms with Gasteiger partial charge in [-0.3, -0.25) is 5.41 Å². The maximum absolute atomic E-state index is 7.22. The molecule has 0 saturated carbocycles. The number of rotatable bonds is 7. The number of hydrogen-bond donors (Lipinski definition) is 2. The van der Waals surface area contributed by atoms with Crippen molar-refractivity contribution in [3.63, 3.8) is 0 Å². The van der Waals surface area contributed by atoms with Gasteiger partial charge in [-0.15, -0.1) is 0 Å². The monoisotopic (exact) mass is 187 g/mol. The van der Waals surface area contributed by atoms with E-state index in [9.17, 15) is 0 Å². The van der Waals surface area contributed by atoms with Crippen LogP contribution in [-0.2, 0) is 4.74 Å². The summed E-state index contributed by atoms with van der Waals surface area (Å²) in [4.78, 5) is 2.19. The smallest absolute Gasteiger partial charge is 0.0921 e. The molecule has 0 aromatic carbocycles. The Balaban J connectivity index is 3.84. The van der Waals surface area contributed by atoms with Gasteiger partial charge in [0.25, 0.3) is 0 Å². The van der Waals surface area contributed by atoms with Gasteiger partial charge in [0.15, 0.2) is 0 Å². The quantitative estimate of drug-likeness (QED) is 0.455. The minimum Gasteiger partial charge on any atom is -0.388 e. The topological polar surface area (TPSA) is 62.3 Å². The van der Waals surface area contributed by atoms with E-state index in [-0.39, 0.29) is 5.84 Å². The van der Waals surface area contributed by atoms with Crippen molar-refractivity contribution in [3.05, 3.63) is 0 Å². The molecule has 0 amide bonds. The summed E-state index contributed by atoms with van der Waals surface area (Å²) in [5.41, 5.74) is 5.36. The fraction of sp³-hybridized carbons (Fsp3) is 0.889. The molecule has 0 aliphatic heterocycles. The second kappa shape index (κ2) is 6.86. The van der Waals surface area contributed by atoms with E-state index in [0.717, 1.165) is 19.6 Å². The van der Waals surface area contributed by atoms with Crippen LogP contribution in [0.15, 0.2) is 0 Å². The van der Waals surface area contributed by atoms with Crippen molar-refractivity contribution in [1.29, 1.82) is 5.41 Å². The highest BCUT2D eigenvalue weighted by Crippen LogP contribution is 2.05. The van der Waals surface area contributed by atoms with E-state index in [4.69, 9.17) is 15.9 Å². The van der Waals surface area contributed by atoms with Crippen molar-refractivity contribution in [2.45, 2.75) is 25.8 Å². The minimum absolute atomic E-state index is 0.260. The Bertz CT molecular complexity index is 150. The number of amidine groups is 1. The lowest BCUT2D eigenvalue weighted by molar-refractivity contribution is 0.138. The Kier molecular flexibility index (Phi) is 6.54. The van der Waals surface area contributed by atoms with Gasteiger partial charge in [0.1, 0.15) is 0 Å². The highest BCUT2D eigenvalue weighted by Gasteiger charge is 2.12. The molecule has 0 saturated heterocycles. The normalized spacial score (nSPS) is 13.2. The molecule has 4 heteroatoms. The van der Waals surface area contributed by atoms with Crippen LogP contribution in [0.4, 0.5) is 0 Å². The molecule has 13 heavy (non-hydrogen) atoms. The molecule has 0 fully saturated rings. The molecule has 0 spiro atoms. The van der Waals surface area contributed by atoms with Crippen molar-refractivity contribution >= 4 is 5.84 Å². The second-order valence-electron chi connectivity index (χ2n) is 3.26. The van der Waals surface area contributed by atoms with Gasteiger partial charge in [0.2, 0.25) is 0 Å². The maximum atomic E-state index is 7.22. The summed E-state index contributed by atoms with van der Waals surface area (Å²) in [6.07, 6.45) is 1.66. The van der Waals surface area contributed by atoms with Gasteiger partial charge in [0.05, 0.1) is 12.4 Å². The standard InChI is InChI=1S/C9H21N3O/c1-4-8(7-9(10)11)12(2)5-6-13-3/h8H,4-7H2,1-3H3,(H3,10,11). The minimum atomic E-state index is 0.260. The van der Waals surface area contributed by atoms with Crippen LogP contribution in [0.2, 0.25) is 0 Å². The van der Waals surface area contributed by atoms with Gasteiger partial charge in [-0.05, 0) is 13.5 Å². The Morgan fingerprint density at radius 3 is 2.62 bits per heavy atom. The molecule has 0 radical (unpaired) electrons. The second-order valence-corrected chi connectivity index (χ2v) is 3.26. The average Bonchev–Trinajstić information content (AvgIpc) is 2.09. The summed E-state index contributed by atoms with van der Waals surface area (Å²) in [7, 11) is 3.73. The summed E-state index contributed by atoms with van der Waals surface area (Å²) < 4.78 is 4.99. The van der Waals surface area contributed by atoms with Gasteiger partial charge in [0, 0.05) is 26.1 Å². The largest absolute Gasteiger partial charge is 0.388 e. The van der Waals surface area contributed by atoms with E-state index in [1.54, 1.807) is 7.11 Å². The van der Waals surface area contributed by atoms with Gasteiger partial charge >= 0.3 is 0 Å². The van der Waals surface area contributed by atoms with E-state index < -0.39 is 0 Å². The molecule has 0 bridgehead atoms. The van der Waals surface area contributed by atoms with Crippen molar-refractivity contribution in [3.8, 4) is 0 Å². The average molecular weight is 187 g/mol. The molecule has 3 N–H and O–H groups in total. The lowest BCUT2D eigenvalue weighted by atomic mass is 10.1. The molecule has 1 atom stereocenters. The van der Waals surface area contributed by atoms with Crippen LogP contribution < -0.4 is 5.73 Å². The van der Waals surface area contributed by atoms with Gasteiger partial charge < -0.3 is 15.4 Å². The van der Waals surface area contributed by atoms with E-state index in [0.29, 0.717) is 12.5 Å². The molecule has 78 valence electrons. The van der Waals surface area contributed by atoms with Crippen molar-refractivity contribution in [2.24, 2.45) is 5.73 Å². The predicted octanol–water partition coefficient (Wildman–Crippen LogP) is 0.669. The Morgan fingerprint density at radius 1 is 1.62 bits per heavy atom. The SMILES string of the molecule is CCC(CC(=N)N)N(C)CCOC. The first-order valence-corrected chi connectivity index (χ1v) is 4.63. The molecular formula is C9H21N3O. The Labute approximate surface area is 80.6 Å². The van der Waals surface area contributed by atoms with E-state index in [2.05, 4.69) is 11.8 Å². The zero-order valence-electron chi connectivity index (χ0n) is 8.84. The molecule has 0 aliphatic carbocycles. The zero-order chi connectivity index (χ0) is 10.3. The summed E-state index contributed by atoms with van der Waals surface area (Å²) in [5, 5.41) is 7.22. The fourth-order valence-corrected chi connectivity index (χ4v) is 1.28. The lowest BCUT2D eigenvalue weighted by Crippen LogP contribution is -2.36. The third kappa shape index (κ3) is 5.60. The number of hydrogen-bond acceptors (Lipinski definition) is 3. The predicted molar refractivity (Wildman–Crippen MR) is 55.1 cm³/mol. The van der Waals surface area contributed by atoms with Crippen LogP contribution in [0.25, 0.3) is 0 Å². The number of nitrogens with zero attached hydrogens (tertiary/aromatic N) is 1. The van der Waals surface area contributed by atoms with E-state index in [1.165, 1.54) is 0 Å². The van der Waals surface area contributed by atoms with Gasteiger partial charge in [-0.25, -0.2) is 0 Å². The highest BCUT2D eigenvalue weighted by atomic mass is 16.5. The molecule has 0 heterocycles. The first-order chi connectivity index (χ1) is 6.11. The number of nitrogens with one attached hydrogen (secondary N) is 1. The zero-order valence-corrected chi connectivity index (χ0v) is 8.84. The van der Waals surface area contributed by atoms with Gasteiger partial charge in [-0.1, -0.05) is 6.92 Å². The third-order valence-corrected chi connectivity index (χ3v) is 2.20. The van der Waals surface area contributed by atoms with Crippen LogP contribution in [-0.4, -0.2) is 44.1 Å². The Hall–Kier alpha value is -0.610. The van der Waals surface area contributed by atoms with Crippen molar-refractivity contribution in [2.75, 3.05) is 27.3 Å². The summed E-state index contributed by atoms with van der Waals surface area (Å²) >= 11 is 0. The van der Waals surface area contributed by atoms with Crippen LogP contribution in [0, 0.1) is 5.41 Å². The van der Waals surface area contributed by atoms with E-state index in [1.807, 2.05) is 7.05 Å². The van der Waals surface area contributed by atoms with E-state index >= 15 is 0 Å². The molecule has 0 aromatic rings. The van der Waals surface area contributed by atoms with Crippen molar-refractivity contribution < 1.29 is 4.74 Å². The first-order valence-electron chi connectivity index (χ1n) is 4.63. The summed E-state index contributed by atoms with van der Waals surface area (Å²) in [6.45, 7) is 3.73. The third-order valence-electron chi connectivity index (χ3n) is 2.20. The van der Waals surface area contributed by atoms with Crippen LogP contribution in [0.5, 0.6) is 0 Å². The molecule has 0 aliphatic rings. The van der Waals surface area contributed by atoms with Gasteiger partial charge in [-0.2, -0.15) is 0 Å². The van der Waals surface area contributed by atoms with Crippen LogP contribution in [0.1, 0.15) is 19.8 Å². The number of ether oxygens (including phenoxy) is 1. The summed E-state index contributed by atoms with van der Waals surface area (Å²) in [5.74, 6) is 0.260. The molecule has 1 unspecified atom stereocenters. The number of likely N-dealkylation sites (N-methyl/N-ethyl adjacent to an activating group) is 1. The number of nitrogens with two attached hydrogens (primary N) is 1. The first kappa shape index (κ1) is 12.4. The molecule has 4 nitrogen and oxygen atoms in total. The van der Waals surface area contributed by atoms with Crippen LogP contribution in [0.3, 0.4) is 0 Å². The summed E-state index contributed by atoms with van der Waals surface area (Å²) in [6, 6.07) is 0.368. The van der Waals surface area contributed by atoms with Crippen LogP contribution >= 0.6 is 0 Å². The molecule has 0 aromatic heterocycles. The molecule has 0 rings (SSSR count). The lowest BCUT2D eigenvalue weighted by Gasteiger charge is -2.26. The highest BCUT2D eigenvalue weighted by molar-refractivity contribution is 5.77. The Morgan fingerprint density at radius 2 is 2.23 bits per heavy atom. The maximum Gasteiger partial charge on any atom is 0.0921 e. The fourth-order valence-electron chi connectivity index (χ4n) is 1.28. The molecular weight excluding hydrogens is 166 g/mol.